The largest absolute Gasteiger partial charge is 0.483 e. The van der Waals surface area contributed by atoms with E-state index in [-0.39, 0.29) is 27.8 Å². The van der Waals surface area contributed by atoms with Gasteiger partial charge in [0.15, 0.2) is 6.61 Å². The first-order valence-electron chi connectivity index (χ1n) is 10.3. The van der Waals surface area contributed by atoms with E-state index in [1.54, 1.807) is 19.2 Å². The van der Waals surface area contributed by atoms with Crippen molar-refractivity contribution in [1.29, 1.82) is 0 Å². The van der Waals surface area contributed by atoms with Gasteiger partial charge in [-0.3, -0.25) is 13.9 Å². The van der Waals surface area contributed by atoms with Crippen LogP contribution < -0.4 is 15.7 Å². The number of nitrogens with zero attached hydrogens (tertiary/aromatic N) is 2. The van der Waals surface area contributed by atoms with Crippen LogP contribution in [0.25, 0.3) is 11.0 Å². The topological polar surface area (TPSA) is 99.4 Å². The fourth-order valence-corrected chi connectivity index (χ4v) is 5.05. The molecule has 8 nitrogen and oxygen atoms in total. The maximum absolute atomic E-state index is 13.4. The maximum atomic E-state index is 13.4. The summed E-state index contributed by atoms with van der Waals surface area (Å²) in [6.07, 6.45) is 0. The second kappa shape index (κ2) is 8.79. The number of anilines is 1. The van der Waals surface area contributed by atoms with Crippen LogP contribution in [0.4, 0.5) is 10.1 Å². The van der Waals surface area contributed by atoms with Crippen LogP contribution >= 0.6 is 0 Å². The fraction of sp³-hybridized carbons (Fsp3) is 0.167. The van der Waals surface area contributed by atoms with Crippen molar-refractivity contribution < 1.29 is 22.3 Å². The van der Waals surface area contributed by atoms with E-state index >= 15 is 0 Å². The van der Waals surface area contributed by atoms with Gasteiger partial charge >= 0.3 is 5.69 Å². The SMILES string of the molecule is Cc1ccccc1OCC(=O)Nc1cc2c(cc1S(=O)(=O)c1ccc(F)cc1)n(C)c(=O)n2C. The van der Waals surface area contributed by atoms with E-state index in [2.05, 4.69) is 5.32 Å². The summed E-state index contributed by atoms with van der Waals surface area (Å²) in [6, 6.07) is 14.3. The van der Waals surface area contributed by atoms with Gasteiger partial charge in [0.1, 0.15) is 11.6 Å². The number of fused-ring (bicyclic) bond motifs is 1. The number of amides is 1. The molecule has 34 heavy (non-hydrogen) atoms. The van der Waals surface area contributed by atoms with E-state index in [9.17, 15) is 22.4 Å². The third-order valence-corrected chi connectivity index (χ3v) is 7.32. The van der Waals surface area contributed by atoms with Crippen molar-refractivity contribution in [3.63, 3.8) is 0 Å². The van der Waals surface area contributed by atoms with Crippen LogP contribution in [-0.4, -0.2) is 30.1 Å². The van der Waals surface area contributed by atoms with Crippen LogP contribution in [0.1, 0.15) is 5.56 Å². The minimum absolute atomic E-state index is 0.0172. The molecule has 0 saturated carbocycles. The molecule has 0 aliphatic carbocycles. The molecule has 0 spiro atoms. The first kappa shape index (κ1) is 23.2. The van der Waals surface area contributed by atoms with Crippen molar-refractivity contribution >= 4 is 32.5 Å². The van der Waals surface area contributed by atoms with Crippen LogP contribution in [0.2, 0.25) is 0 Å². The van der Waals surface area contributed by atoms with E-state index < -0.39 is 21.6 Å². The lowest BCUT2D eigenvalue weighted by Crippen LogP contribution is -2.22. The molecule has 4 rings (SSSR count). The second-order valence-electron chi connectivity index (χ2n) is 7.80. The molecule has 176 valence electrons. The predicted octanol–water partition coefficient (Wildman–Crippen LogP) is 3.17. The molecule has 1 amide bonds. The van der Waals surface area contributed by atoms with Crippen molar-refractivity contribution in [2.75, 3.05) is 11.9 Å². The summed E-state index contributed by atoms with van der Waals surface area (Å²) < 4.78 is 48.4. The van der Waals surface area contributed by atoms with Gasteiger partial charge < -0.3 is 10.1 Å². The Balaban J connectivity index is 1.77. The lowest BCUT2D eigenvalue weighted by Gasteiger charge is -2.14. The molecule has 0 atom stereocenters. The van der Waals surface area contributed by atoms with Gasteiger partial charge in [-0.15, -0.1) is 0 Å². The lowest BCUT2D eigenvalue weighted by atomic mass is 10.2. The normalized spacial score (nSPS) is 11.5. The molecule has 0 radical (unpaired) electrons. The minimum Gasteiger partial charge on any atom is -0.483 e. The molecular formula is C24H22FN3O5S. The zero-order valence-electron chi connectivity index (χ0n) is 18.7. The Labute approximate surface area is 195 Å². The fourth-order valence-electron chi connectivity index (χ4n) is 3.63. The molecule has 0 fully saturated rings. The number of carbonyl (C=O) groups excluding carboxylic acids is 1. The molecule has 0 aliphatic rings. The summed E-state index contributed by atoms with van der Waals surface area (Å²) in [4.78, 5) is 24.7. The Hall–Kier alpha value is -3.92. The van der Waals surface area contributed by atoms with Gasteiger partial charge in [-0.05, 0) is 55.0 Å². The highest BCUT2D eigenvalue weighted by molar-refractivity contribution is 7.91. The third kappa shape index (κ3) is 4.19. The lowest BCUT2D eigenvalue weighted by molar-refractivity contribution is -0.118. The number of halogens is 1. The molecule has 0 saturated heterocycles. The van der Waals surface area contributed by atoms with Gasteiger partial charge in [0.2, 0.25) is 9.84 Å². The maximum Gasteiger partial charge on any atom is 0.328 e. The highest BCUT2D eigenvalue weighted by atomic mass is 32.2. The van der Waals surface area contributed by atoms with Crippen molar-refractivity contribution in [2.24, 2.45) is 14.1 Å². The van der Waals surface area contributed by atoms with Gasteiger partial charge in [-0.2, -0.15) is 0 Å². The number of sulfone groups is 1. The molecular weight excluding hydrogens is 461 g/mol. The Morgan fingerprint density at radius 2 is 1.62 bits per heavy atom. The highest BCUT2D eigenvalue weighted by Crippen LogP contribution is 2.32. The number of benzene rings is 3. The van der Waals surface area contributed by atoms with Gasteiger partial charge in [0.05, 0.1) is 26.5 Å². The van der Waals surface area contributed by atoms with Crippen LogP contribution in [0.15, 0.2) is 75.2 Å². The van der Waals surface area contributed by atoms with Gasteiger partial charge in [-0.1, -0.05) is 18.2 Å². The quantitative estimate of drug-likeness (QED) is 0.425. The Morgan fingerprint density at radius 3 is 2.26 bits per heavy atom. The number of imidazole rings is 1. The smallest absolute Gasteiger partial charge is 0.328 e. The number of hydrogen-bond acceptors (Lipinski definition) is 5. The Bertz CT molecular complexity index is 1570. The minimum atomic E-state index is -4.16. The predicted molar refractivity (Wildman–Crippen MR) is 125 cm³/mol. The monoisotopic (exact) mass is 483 g/mol. The first-order valence-corrected chi connectivity index (χ1v) is 11.8. The summed E-state index contributed by atoms with van der Waals surface area (Å²) in [6.45, 7) is 1.48. The summed E-state index contributed by atoms with van der Waals surface area (Å²) in [5, 5.41) is 2.59. The van der Waals surface area contributed by atoms with Gasteiger partial charge in [0, 0.05) is 14.1 Å². The Kier molecular flexibility index (Phi) is 6.01. The molecule has 0 unspecified atom stereocenters. The molecule has 1 heterocycles. The number of aryl methyl sites for hydroxylation is 3. The number of aromatic nitrogens is 2. The standard InChI is InChI=1S/C24H22FN3O5S/c1-15-6-4-5-7-21(15)33-14-23(29)26-18-12-19-20(28(3)24(30)27(19)2)13-22(18)34(31,32)17-10-8-16(25)9-11-17/h4-13H,14H2,1-3H3,(H,26,29). The van der Waals surface area contributed by atoms with Crippen molar-refractivity contribution in [3.8, 4) is 5.75 Å². The van der Waals surface area contributed by atoms with Crippen molar-refractivity contribution in [1.82, 2.24) is 9.13 Å². The second-order valence-corrected chi connectivity index (χ2v) is 9.72. The van der Waals surface area contributed by atoms with Crippen molar-refractivity contribution in [3.05, 3.63) is 82.5 Å². The Morgan fingerprint density at radius 1 is 1.00 bits per heavy atom. The van der Waals surface area contributed by atoms with Crippen LogP contribution in [0.5, 0.6) is 5.75 Å². The molecule has 1 N–H and O–H groups in total. The highest BCUT2D eigenvalue weighted by Gasteiger charge is 2.25. The molecule has 3 aromatic carbocycles. The molecule has 0 bridgehead atoms. The molecule has 10 heteroatoms. The van der Waals surface area contributed by atoms with E-state index in [0.29, 0.717) is 16.8 Å². The number of para-hydroxylation sites is 1. The number of rotatable bonds is 6. The van der Waals surface area contributed by atoms with Crippen LogP contribution in [-0.2, 0) is 28.7 Å². The van der Waals surface area contributed by atoms with Crippen molar-refractivity contribution in [2.45, 2.75) is 16.7 Å². The van der Waals surface area contributed by atoms with Gasteiger partial charge in [-0.25, -0.2) is 17.6 Å². The summed E-state index contributed by atoms with van der Waals surface area (Å²) in [7, 11) is -1.10. The summed E-state index contributed by atoms with van der Waals surface area (Å²) >= 11 is 0. The zero-order chi connectivity index (χ0) is 24.6. The first-order chi connectivity index (χ1) is 16.1. The van der Waals surface area contributed by atoms with E-state index in [1.165, 1.54) is 28.3 Å². The van der Waals surface area contributed by atoms with Crippen LogP contribution in [0.3, 0.4) is 0 Å². The zero-order valence-corrected chi connectivity index (χ0v) is 19.5. The van der Waals surface area contributed by atoms with Crippen LogP contribution in [0, 0.1) is 12.7 Å². The molecule has 4 aromatic rings. The third-order valence-electron chi connectivity index (χ3n) is 5.51. The molecule has 1 aromatic heterocycles. The van der Waals surface area contributed by atoms with E-state index in [0.717, 1.165) is 29.8 Å². The van der Waals surface area contributed by atoms with Gasteiger partial charge in [0.25, 0.3) is 5.91 Å². The van der Waals surface area contributed by atoms with E-state index in [4.69, 9.17) is 4.74 Å². The summed E-state index contributed by atoms with van der Waals surface area (Å²) in [5.41, 5.74) is 1.27. The average molecular weight is 484 g/mol. The summed E-state index contributed by atoms with van der Waals surface area (Å²) in [5.74, 6) is -0.640. The number of carbonyl (C=O) groups is 1. The number of ether oxygens (including phenoxy) is 1. The molecule has 0 aliphatic heterocycles. The number of hydrogen-bond donors (Lipinski definition) is 1. The average Bonchev–Trinajstić information content (AvgIpc) is 3.01. The number of nitrogens with one attached hydrogen (secondary N) is 1. The van der Waals surface area contributed by atoms with E-state index in [1.807, 2.05) is 19.1 Å².